The van der Waals surface area contributed by atoms with Crippen LogP contribution < -0.4 is 20.1 Å². The van der Waals surface area contributed by atoms with Gasteiger partial charge in [0.05, 0.1) is 37.4 Å². The Balaban J connectivity index is 1.67. The number of benzene rings is 2. The van der Waals surface area contributed by atoms with Gasteiger partial charge in [-0.2, -0.15) is 0 Å². The molecule has 0 unspecified atom stereocenters. The lowest BCUT2D eigenvalue weighted by molar-refractivity contribution is -0.152. The van der Waals surface area contributed by atoms with Crippen molar-refractivity contribution in [2.75, 3.05) is 37.1 Å². The summed E-state index contributed by atoms with van der Waals surface area (Å²) in [5.74, 6) is -1.60. The van der Waals surface area contributed by atoms with Crippen LogP contribution in [0.3, 0.4) is 0 Å². The Bertz CT molecular complexity index is 913. The molecule has 0 aliphatic carbocycles. The number of para-hydroxylation sites is 4. The Kier molecular flexibility index (Phi) is 10.9. The van der Waals surface area contributed by atoms with Gasteiger partial charge in [0.1, 0.15) is 11.5 Å². The van der Waals surface area contributed by atoms with E-state index in [2.05, 4.69) is 10.6 Å². The molecule has 182 valence electrons. The molecule has 2 aromatic carbocycles. The third-order valence-electron chi connectivity index (χ3n) is 4.18. The number of anilines is 2. The second-order valence-electron chi connectivity index (χ2n) is 6.78. The first-order valence-electron chi connectivity index (χ1n) is 10.8. The largest absolute Gasteiger partial charge is 0.492 e. The van der Waals surface area contributed by atoms with Gasteiger partial charge in [-0.15, -0.1) is 0 Å². The van der Waals surface area contributed by atoms with E-state index in [0.717, 1.165) is 0 Å². The van der Waals surface area contributed by atoms with Gasteiger partial charge >= 0.3 is 11.9 Å². The topological polar surface area (TPSA) is 129 Å². The molecular weight excluding hydrogens is 444 g/mol. The number of hydrogen-bond donors (Lipinski definition) is 2. The number of amides is 2. The van der Waals surface area contributed by atoms with E-state index in [4.69, 9.17) is 18.9 Å². The van der Waals surface area contributed by atoms with E-state index < -0.39 is 37.0 Å². The zero-order valence-corrected chi connectivity index (χ0v) is 19.1. The fourth-order valence-corrected chi connectivity index (χ4v) is 2.72. The highest BCUT2D eigenvalue weighted by molar-refractivity contribution is 5.95. The van der Waals surface area contributed by atoms with Crippen LogP contribution in [-0.2, 0) is 28.7 Å². The van der Waals surface area contributed by atoms with Crippen molar-refractivity contribution in [3.63, 3.8) is 0 Å². The van der Waals surface area contributed by atoms with Gasteiger partial charge < -0.3 is 29.6 Å². The average Bonchev–Trinajstić information content (AvgIpc) is 2.83. The highest BCUT2D eigenvalue weighted by atomic mass is 16.5. The van der Waals surface area contributed by atoms with E-state index in [9.17, 15) is 19.2 Å². The van der Waals surface area contributed by atoms with Crippen LogP contribution in [-0.4, -0.2) is 50.2 Å². The minimum Gasteiger partial charge on any atom is -0.492 e. The molecule has 0 atom stereocenters. The van der Waals surface area contributed by atoms with Crippen molar-refractivity contribution in [3.05, 3.63) is 48.5 Å². The minimum absolute atomic E-state index is 0.295. The van der Waals surface area contributed by atoms with Gasteiger partial charge in [0, 0.05) is 0 Å². The molecule has 0 heterocycles. The van der Waals surface area contributed by atoms with Crippen LogP contribution in [0.2, 0.25) is 0 Å². The van der Waals surface area contributed by atoms with Crippen molar-refractivity contribution in [2.45, 2.75) is 26.7 Å². The molecule has 0 bridgehead atoms. The van der Waals surface area contributed by atoms with Crippen LogP contribution in [0.25, 0.3) is 0 Å². The third-order valence-corrected chi connectivity index (χ3v) is 4.18. The van der Waals surface area contributed by atoms with E-state index in [1.807, 2.05) is 13.8 Å². The van der Waals surface area contributed by atoms with Gasteiger partial charge in [0.25, 0.3) is 11.8 Å². The van der Waals surface area contributed by atoms with Crippen molar-refractivity contribution in [1.29, 1.82) is 0 Å². The molecule has 0 saturated heterocycles. The highest BCUT2D eigenvalue weighted by Gasteiger charge is 2.14. The monoisotopic (exact) mass is 472 g/mol. The Labute approximate surface area is 197 Å². The predicted molar refractivity (Wildman–Crippen MR) is 124 cm³/mol. The molecular formula is C24H28N2O8. The fraction of sp³-hybridized carbons (Fsp3) is 0.333. The van der Waals surface area contributed by atoms with Gasteiger partial charge in [-0.05, 0) is 38.1 Å². The van der Waals surface area contributed by atoms with Crippen LogP contribution in [0.1, 0.15) is 26.7 Å². The molecule has 2 rings (SSSR count). The summed E-state index contributed by atoms with van der Waals surface area (Å²) in [6.07, 6.45) is -0.590. The van der Waals surface area contributed by atoms with Crippen molar-refractivity contribution in [3.8, 4) is 11.5 Å². The SMILES string of the molecule is CCOc1ccccc1NC(=O)COC(=O)CCC(=O)OCC(=O)Nc1ccccc1OCC. The number of nitrogens with one attached hydrogen (secondary N) is 2. The normalized spacial score (nSPS) is 10.1. The zero-order valence-electron chi connectivity index (χ0n) is 19.1. The quantitative estimate of drug-likeness (QED) is 0.426. The standard InChI is InChI=1S/C24H28N2O8/c1-3-31-19-11-7-5-9-17(19)25-21(27)15-33-23(29)13-14-24(30)34-16-22(28)26-18-10-6-8-12-20(18)32-4-2/h5-12H,3-4,13-16H2,1-2H3,(H,25,27)(H,26,28). The molecule has 2 aromatic rings. The van der Waals surface area contributed by atoms with Crippen LogP contribution in [0, 0.1) is 0 Å². The third kappa shape index (κ3) is 9.19. The Morgan fingerprint density at radius 3 is 1.41 bits per heavy atom. The number of carbonyl (C=O) groups excluding carboxylic acids is 4. The first-order chi connectivity index (χ1) is 16.4. The van der Waals surface area contributed by atoms with Crippen molar-refractivity contribution < 1.29 is 38.1 Å². The fourth-order valence-electron chi connectivity index (χ4n) is 2.72. The van der Waals surface area contributed by atoms with Crippen LogP contribution in [0.15, 0.2) is 48.5 Å². The van der Waals surface area contributed by atoms with Crippen LogP contribution in [0.5, 0.6) is 11.5 Å². The molecule has 10 nitrogen and oxygen atoms in total. The molecule has 0 aliphatic heterocycles. The zero-order chi connectivity index (χ0) is 24.8. The molecule has 0 fully saturated rings. The second-order valence-corrected chi connectivity index (χ2v) is 6.78. The number of carbonyl (C=O) groups is 4. The van der Waals surface area contributed by atoms with Gasteiger partial charge in [0.15, 0.2) is 13.2 Å². The van der Waals surface area contributed by atoms with E-state index in [0.29, 0.717) is 36.1 Å². The van der Waals surface area contributed by atoms with E-state index in [-0.39, 0.29) is 12.8 Å². The maximum absolute atomic E-state index is 12.0. The number of esters is 2. The smallest absolute Gasteiger partial charge is 0.306 e. The Morgan fingerprint density at radius 1 is 0.647 bits per heavy atom. The average molecular weight is 472 g/mol. The first kappa shape index (κ1) is 26.2. The summed E-state index contributed by atoms with van der Waals surface area (Å²) in [5, 5.41) is 5.19. The maximum atomic E-state index is 12.0. The lowest BCUT2D eigenvalue weighted by Gasteiger charge is -2.11. The molecule has 0 saturated carbocycles. The Hall–Kier alpha value is -4.08. The van der Waals surface area contributed by atoms with Gasteiger partial charge in [-0.3, -0.25) is 19.2 Å². The molecule has 0 aliphatic rings. The van der Waals surface area contributed by atoms with Crippen molar-refractivity contribution in [1.82, 2.24) is 0 Å². The van der Waals surface area contributed by atoms with Crippen molar-refractivity contribution in [2.24, 2.45) is 0 Å². The van der Waals surface area contributed by atoms with Gasteiger partial charge in [-0.25, -0.2) is 0 Å². The summed E-state index contributed by atoms with van der Waals surface area (Å²) in [4.78, 5) is 47.7. The molecule has 0 aromatic heterocycles. The highest BCUT2D eigenvalue weighted by Crippen LogP contribution is 2.24. The summed E-state index contributed by atoms with van der Waals surface area (Å²) in [6.45, 7) is 3.46. The minimum atomic E-state index is -0.750. The molecule has 0 spiro atoms. The molecule has 34 heavy (non-hydrogen) atoms. The summed E-state index contributed by atoms with van der Waals surface area (Å²) in [7, 11) is 0. The van der Waals surface area contributed by atoms with Crippen LogP contribution in [0.4, 0.5) is 11.4 Å². The lowest BCUT2D eigenvalue weighted by Crippen LogP contribution is -2.23. The van der Waals surface area contributed by atoms with Crippen molar-refractivity contribution >= 4 is 35.1 Å². The van der Waals surface area contributed by atoms with E-state index in [1.165, 1.54) is 0 Å². The van der Waals surface area contributed by atoms with E-state index in [1.54, 1.807) is 48.5 Å². The Morgan fingerprint density at radius 2 is 1.03 bits per heavy atom. The number of rotatable bonds is 13. The molecule has 10 heteroatoms. The predicted octanol–water partition coefficient (Wildman–Crippen LogP) is 2.93. The molecule has 2 amide bonds. The molecule has 0 radical (unpaired) electrons. The summed E-state index contributed by atoms with van der Waals surface area (Å²) >= 11 is 0. The second kappa shape index (κ2) is 14.1. The van der Waals surface area contributed by atoms with E-state index >= 15 is 0 Å². The summed E-state index contributed by atoms with van der Waals surface area (Å²) in [5.41, 5.74) is 0.910. The lowest BCUT2D eigenvalue weighted by atomic mass is 10.3. The van der Waals surface area contributed by atoms with Gasteiger partial charge in [-0.1, -0.05) is 24.3 Å². The maximum Gasteiger partial charge on any atom is 0.306 e. The van der Waals surface area contributed by atoms with Crippen LogP contribution >= 0.6 is 0 Å². The number of hydrogen-bond acceptors (Lipinski definition) is 8. The summed E-state index contributed by atoms with van der Waals surface area (Å²) in [6, 6.07) is 13.7. The first-order valence-corrected chi connectivity index (χ1v) is 10.8. The van der Waals surface area contributed by atoms with Gasteiger partial charge in [0.2, 0.25) is 0 Å². The molecule has 2 N–H and O–H groups in total. The number of ether oxygens (including phenoxy) is 4. The summed E-state index contributed by atoms with van der Waals surface area (Å²) < 4.78 is 20.6.